The first-order valence-electron chi connectivity index (χ1n) is 7.49. The van der Waals surface area contributed by atoms with Crippen molar-refractivity contribution in [2.45, 2.75) is 11.6 Å². The number of nitriles is 1. The first kappa shape index (κ1) is 15.0. The Hall–Kier alpha value is -3.54. The summed E-state index contributed by atoms with van der Waals surface area (Å²) in [6, 6.07) is 8.04. The highest BCUT2D eigenvalue weighted by molar-refractivity contribution is 6.15. The number of rotatable bonds is 0. The maximum Gasteiger partial charge on any atom is 0.324 e. The van der Waals surface area contributed by atoms with Crippen LogP contribution in [0, 0.1) is 17.2 Å². The lowest BCUT2D eigenvalue weighted by atomic mass is 9.63. The molecule has 1 aromatic carbocycles. The van der Waals surface area contributed by atoms with Crippen LogP contribution in [-0.2, 0) is 19.7 Å². The SMILES string of the molecule is CN1C(=O)C2(C(C#N)=C(N)OC3NC(=O)NC(=O)C32)c2ccccc21. The third-order valence-corrected chi connectivity index (χ3v) is 4.90. The first-order chi connectivity index (χ1) is 11.9. The van der Waals surface area contributed by atoms with Gasteiger partial charge in [-0.25, -0.2) is 4.79 Å². The molecule has 3 atom stereocenters. The Kier molecular flexibility index (Phi) is 2.84. The van der Waals surface area contributed by atoms with Crippen LogP contribution in [0.3, 0.4) is 0 Å². The van der Waals surface area contributed by atoms with Gasteiger partial charge in [0.25, 0.3) is 0 Å². The van der Waals surface area contributed by atoms with E-state index >= 15 is 0 Å². The molecular weight excluding hydrogens is 326 g/mol. The van der Waals surface area contributed by atoms with Crippen molar-refractivity contribution in [3.05, 3.63) is 41.3 Å². The molecule has 0 saturated carbocycles. The van der Waals surface area contributed by atoms with E-state index in [0.29, 0.717) is 11.3 Å². The molecule has 9 heteroatoms. The van der Waals surface area contributed by atoms with E-state index in [2.05, 4.69) is 10.6 Å². The second kappa shape index (κ2) is 4.73. The minimum Gasteiger partial charge on any atom is -0.454 e. The molecule has 3 unspecified atom stereocenters. The number of carbonyl (C=O) groups excluding carboxylic acids is 3. The quantitative estimate of drug-likeness (QED) is 0.577. The van der Waals surface area contributed by atoms with Gasteiger partial charge in [-0.1, -0.05) is 18.2 Å². The van der Waals surface area contributed by atoms with Crippen LogP contribution >= 0.6 is 0 Å². The van der Waals surface area contributed by atoms with Gasteiger partial charge in [-0.15, -0.1) is 0 Å². The van der Waals surface area contributed by atoms with Crippen LogP contribution in [0.5, 0.6) is 0 Å². The van der Waals surface area contributed by atoms with Crippen LogP contribution in [0.1, 0.15) is 5.56 Å². The fourth-order valence-electron chi connectivity index (χ4n) is 3.92. The largest absolute Gasteiger partial charge is 0.454 e. The number of anilines is 1. The number of hydrogen-bond donors (Lipinski definition) is 3. The smallest absolute Gasteiger partial charge is 0.324 e. The van der Waals surface area contributed by atoms with Crippen LogP contribution in [0.15, 0.2) is 35.7 Å². The van der Waals surface area contributed by atoms with Gasteiger partial charge in [0.2, 0.25) is 17.7 Å². The van der Waals surface area contributed by atoms with Crippen molar-refractivity contribution in [1.29, 1.82) is 5.26 Å². The zero-order chi connectivity index (χ0) is 17.9. The van der Waals surface area contributed by atoms with E-state index in [4.69, 9.17) is 10.5 Å². The number of ether oxygens (including phenoxy) is 1. The molecule has 1 spiro atoms. The highest BCUT2D eigenvalue weighted by atomic mass is 16.5. The van der Waals surface area contributed by atoms with E-state index in [-0.39, 0.29) is 11.5 Å². The summed E-state index contributed by atoms with van der Waals surface area (Å²) in [6.07, 6.45) is -1.15. The zero-order valence-electron chi connectivity index (χ0n) is 13.1. The van der Waals surface area contributed by atoms with Crippen LogP contribution in [-0.4, -0.2) is 31.1 Å². The molecule has 1 fully saturated rings. The number of nitrogens with one attached hydrogen (secondary N) is 2. The predicted octanol–water partition coefficient (Wildman–Crippen LogP) is -0.593. The van der Waals surface area contributed by atoms with Gasteiger partial charge in [-0.2, -0.15) is 5.26 Å². The standard InChI is InChI=1S/C16H13N5O4/c1-21-9-5-3-2-4-7(9)16(14(21)23)8(6-17)11(18)25-13-10(16)12(22)19-15(24)20-13/h2-5,10,13H,18H2,1H3,(H2,19,20,22,24). The Balaban J connectivity index is 2.08. The lowest BCUT2D eigenvalue weighted by molar-refractivity contribution is -0.143. The summed E-state index contributed by atoms with van der Waals surface area (Å²) in [7, 11) is 1.56. The molecule has 3 aliphatic heterocycles. The van der Waals surface area contributed by atoms with Crippen LogP contribution in [0.25, 0.3) is 0 Å². The number of amides is 4. The number of likely N-dealkylation sites (N-methyl/N-ethyl adjacent to an activating group) is 1. The van der Waals surface area contributed by atoms with Crippen LogP contribution in [0.2, 0.25) is 0 Å². The minimum absolute atomic E-state index is 0.137. The highest BCUT2D eigenvalue weighted by Gasteiger charge is 2.66. The average molecular weight is 339 g/mol. The maximum absolute atomic E-state index is 13.3. The second-order valence-electron chi connectivity index (χ2n) is 6.02. The summed E-state index contributed by atoms with van der Waals surface area (Å²) in [6.45, 7) is 0. The highest BCUT2D eigenvalue weighted by Crippen LogP contribution is 2.54. The van der Waals surface area contributed by atoms with Crippen molar-refractivity contribution in [2.75, 3.05) is 11.9 Å². The molecule has 1 saturated heterocycles. The van der Waals surface area contributed by atoms with Crippen LogP contribution < -0.4 is 21.3 Å². The van der Waals surface area contributed by atoms with Gasteiger partial charge < -0.3 is 20.7 Å². The number of hydrogen-bond acceptors (Lipinski definition) is 6. The van der Waals surface area contributed by atoms with E-state index in [0.717, 1.165) is 0 Å². The van der Waals surface area contributed by atoms with E-state index in [1.165, 1.54) is 4.90 Å². The Morgan fingerprint density at radius 2 is 2.04 bits per heavy atom. The minimum atomic E-state index is -1.65. The van der Waals surface area contributed by atoms with E-state index < -0.39 is 35.4 Å². The van der Waals surface area contributed by atoms with E-state index in [1.807, 2.05) is 6.07 Å². The molecule has 3 aliphatic rings. The number of benzene rings is 1. The summed E-state index contributed by atoms with van der Waals surface area (Å²) in [5, 5.41) is 14.3. The number of para-hydroxylation sites is 1. The van der Waals surface area contributed by atoms with Crippen molar-refractivity contribution in [3.63, 3.8) is 0 Å². The Morgan fingerprint density at radius 3 is 2.76 bits per heavy atom. The molecule has 0 aromatic heterocycles. The molecule has 0 bridgehead atoms. The lowest BCUT2D eigenvalue weighted by Crippen LogP contribution is -2.68. The molecule has 25 heavy (non-hydrogen) atoms. The number of imide groups is 1. The lowest BCUT2D eigenvalue weighted by Gasteiger charge is -2.44. The summed E-state index contributed by atoms with van der Waals surface area (Å²) >= 11 is 0. The third kappa shape index (κ3) is 1.63. The van der Waals surface area contributed by atoms with Crippen molar-refractivity contribution in [2.24, 2.45) is 11.7 Å². The monoisotopic (exact) mass is 339 g/mol. The van der Waals surface area contributed by atoms with Crippen molar-refractivity contribution >= 4 is 23.5 Å². The molecule has 4 rings (SSSR count). The van der Waals surface area contributed by atoms with E-state index in [1.54, 1.807) is 31.3 Å². The van der Waals surface area contributed by atoms with Gasteiger partial charge in [0.1, 0.15) is 23.0 Å². The summed E-state index contributed by atoms with van der Waals surface area (Å²) in [5.41, 5.74) is 5.15. The summed E-state index contributed by atoms with van der Waals surface area (Å²) in [5.74, 6) is -2.62. The van der Waals surface area contributed by atoms with Gasteiger partial charge >= 0.3 is 6.03 Å². The molecule has 4 amide bonds. The number of fused-ring (bicyclic) bond motifs is 4. The van der Waals surface area contributed by atoms with Gasteiger partial charge in [-0.05, 0) is 11.6 Å². The van der Waals surface area contributed by atoms with Crippen molar-refractivity contribution in [3.8, 4) is 6.07 Å². The number of carbonyl (C=O) groups is 3. The van der Waals surface area contributed by atoms with Gasteiger partial charge in [0.15, 0.2) is 6.23 Å². The average Bonchev–Trinajstić information content (AvgIpc) is 2.78. The molecule has 0 radical (unpaired) electrons. The zero-order valence-corrected chi connectivity index (χ0v) is 13.1. The predicted molar refractivity (Wildman–Crippen MR) is 83.4 cm³/mol. The number of urea groups is 1. The first-order valence-corrected chi connectivity index (χ1v) is 7.49. The molecule has 3 heterocycles. The molecule has 1 aromatic rings. The fourth-order valence-corrected chi connectivity index (χ4v) is 3.92. The number of nitrogens with zero attached hydrogens (tertiary/aromatic N) is 2. The van der Waals surface area contributed by atoms with Gasteiger partial charge in [-0.3, -0.25) is 14.9 Å². The summed E-state index contributed by atoms with van der Waals surface area (Å²) < 4.78 is 5.39. The topological polar surface area (TPSA) is 138 Å². The molecule has 126 valence electrons. The molecule has 9 nitrogen and oxygen atoms in total. The molecule has 0 aliphatic carbocycles. The van der Waals surface area contributed by atoms with Gasteiger partial charge in [0, 0.05) is 12.7 Å². The Labute approximate surface area is 142 Å². The Bertz CT molecular complexity index is 917. The van der Waals surface area contributed by atoms with Gasteiger partial charge in [0.05, 0.1) is 0 Å². The third-order valence-electron chi connectivity index (χ3n) is 4.90. The number of nitrogens with two attached hydrogens (primary N) is 1. The fraction of sp³-hybridized carbons (Fsp3) is 0.250. The van der Waals surface area contributed by atoms with E-state index in [9.17, 15) is 19.6 Å². The summed E-state index contributed by atoms with van der Waals surface area (Å²) in [4.78, 5) is 38.9. The normalized spacial score (nSPS) is 30.2. The Morgan fingerprint density at radius 1 is 1.32 bits per heavy atom. The molecule has 4 N–H and O–H groups in total. The molecular formula is C16H13N5O4. The van der Waals surface area contributed by atoms with Crippen molar-refractivity contribution in [1.82, 2.24) is 10.6 Å². The van der Waals surface area contributed by atoms with Crippen molar-refractivity contribution < 1.29 is 19.1 Å². The second-order valence-corrected chi connectivity index (χ2v) is 6.02. The van der Waals surface area contributed by atoms with Crippen LogP contribution in [0.4, 0.5) is 10.5 Å². The maximum atomic E-state index is 13.3.